The van der Waals surface area contributed by atoms with Gasteiger partial charge in [-0.25, -0.2) is 0 Å². The van der Waals surface area contributed by atoms with Crippen LogP contribution in [-0.2, 0) is 16.1 Å². The van der Waals surface area contributed by atoms with Crippen molar-refractivity contribution in [2.24, 2.45) is 0 Å². The van der Waals surface area contributed by atoms with Crippen molar-refractivity contribution in [3.63, 3.8) is 0 Å². The van der Waals surface area contributed by atoms with Crippen molar-refractivity contribution in [3.8, 4) is 0 Å². The number of carbonyl (C=O) groups is 1. The Bertz CT molecular complexity index is 520. The lowest BCUT2D eigenvalue weighted by molar-refractivity contribution is -0.150. The van der Waals surface area contributed by atoms with E-state index in [0.29, 0.717) is 13.2 Å². The molecule has 0 aromatic carbocycles. The smallest absolute Gasteiger partial charge is 0.219 e. The summed E-state index contributed by atoms with van der Waals surface area (Å²) in [6.07, 6.45) is 3.03. The SMILES string of the molecule is CC(=O)N1CCO[C@@H]2CCN(Cc3ncccc3C)C[C@H]21. The number of carbonyl (C=O) groups excluding carboxylic acids is 1. The van der Waals surface area contributed by atoms with Gasteiger partial charge in [0.2, 0.25) is 5.91 Å². The van der Waals surface area contributed by atoms with Crippen molar-refractivity contribution in [1.29, 1.82) is 0 Å². The molecule has 114 valence electrons. The van der Waals surface area contributed by atoms with Gasteiger partial charge in [-0.15, -0.1) is 0 Å². The number of amides is 1. The molecule has 0 aliphatic carbocycles. The van der Waals surface area contributed by atoms with E-state index >= 15 is 0 Å². The molecule has 0 spiro atoms. The first-order valence-electron chi connectivity index (χ1n) is 7.67. The zero-order valence-electron chi connectivity index (χ0n) is 12.8. The molecule has 2 fully saturated rings. The van der Waals surface area contributed by atoms with Crippen LogP contribution in [0.3, 0.4) is 0 Å². The first-order valence-corrected chi connectivity index (χ1v) is 7.67. The Morgan fingerprint density at radius 1 is 1.48 bits per heavy atom. The molecule has 21 heavy (non-hydrogen) atoms. The molecule has 1 aromatic heterocycles. The van der Waals surface area contributed by atoms with E-state index in [1.54, 1.807) is 6.92 Å². The normalized spacial score (nSPS) is 26.5. The standard InChI is InChI=1S/C16H23N3O2/c1-12-4-3-6-17-14(12)10-18-7-5-16-15(11-18)19(13(2)20)8-9-21-16/h3-4,6,15-16H,5,7-11H2,1-2H3/t15-,16-/m1/s1. The maximum atomic E-state index is 11.8. The third kappa shape index (κ3) is 3.09. The summed E-state index contributed by atoms with van der Waals surface area (Å²) in [5.74, 6) is 0.157. The second-order valence-corrected chi connectivity index (χ2v) is 5.98. The van der Waals surface area contributed by atoms with Gasteiger partial charge >= 0.3 is 0 Å². The number of fused-ring (bicyclic) bond motifs is 1. The molecule has 0 radical (unpaired) electrons. The lowest BCUT2D eigenvalue weighted by atomic mass is 9.98. The van der Waals surface area contributed by atoms with Crippen LogP contribution in [0.5, 0.6) is 0 Å². The number of likely N-dealkylation sites (tertiary alicyclic amines) is 1. The summed E-state index contributed by atoms with van der Waals surface area (Å²) in [5.41, 5.74) is 2.35. The Morgan fingerprint density at radius 3 is 3.10 bits per heavy atom. The van der Waals surface area contributed by atoms with E-state index in [1.807, 2.05) is 17.2 Å². The van der Waals surface area contributed by atoms with E-state index < -0.39 is 0 Å². The Kier molecular flexibility index (Phi) is 4.22. The highest BCUT2D eigenvalue weighted by molar-refractivity contribution is 5.73. The second kappa shape index (κ2) is 6.12. The van der Waals surface area contributed by atoms with Crippen molar-refractivity contribution >= 4 is 5.91 Å². The van der Waals surface area contributed by atoms with Crippen LogP contribution in [0, 0.1) is 6.92 Å². The van der Waals surface area contributed by atoms with Crippen LogP contribution in [0.2, 0.25) is 0 Å². The molecule has 1 amide bonds. The number of nitrogens with zero attached hydrogens (tertiary/aromatic N) is 3. The summed E-state index contributed by atoms with van der Waals surface area (Å²) in [7, 11) is 0. The average molecular weight is 289 g/mol. The number of hydrogen-bond donors (Lipinski definition) is 0. The zero-order valence-corrected chi connectivity index (χ0v) is 12.8. The van der Waals surface area contributed by atoms with Crippen molar-refractivity contribution in [3.05, 3.63) is 29.6 Å². The molecular weight excluding hydrogens is 266 g/mol. The molecule has 0 unspecified atom stereocenters. The largest absolute Gasteiger partial charge is 0.374 e. The average Bonchev–Trinajstić information content (AvgIpc) is 2.49. The molecule has 3 heterocycles. The fourth-order valence-electron chi connectivity index (χ4n) is 3.37. The highest BCUT2D eigenvalue weighted by atomic mass is 16.5. The van der Waals surface area contributed by atoms with E-state index in [9.17, 15) is 4.79 Å². The quantitative estimate of drug-likeness (QED) is 0.821. The summed E-state index contributed by atoms with van der Waals surface area (Å²) >= 11 is 0. The van der Waals surface area contributed by atoms with E-state index in [2.05, 4.69) is 22.9 Å². The molecular formula is C16H23N3O2. The molecule has 5 heteroatoms. The van der Waals surface area contributed by atoms with Gasteiger partial charge in [-0.05, 0) is 25.0 Å². The summed E-state index contributed by atoms with van der Waals surface area (Å²) < 4.78 is 5.85. The topological polar surface area (TPSA) is 45.7 Å². The summed E-state index contributed by atoms with van der Waals surface area (Å²) in [4.78, 5) is 20.7. The minimum Gasteiger partial charge on any atom is -0.374 e. The Balaban J connectivity index is 1.69. The summed E-state index contributed by atoms with van der Waals surface area (Å²) in [6, 6.07) is 4.26. The van der Waals surface area contributed by atoms with Crippen molar-refractivity contribution < 1.29 is 9.53 Å². The summed E-state index contributed by atoms with van der Waals surface area (Å²) in [6.45, 7) is 7.86. The van der Waals surface area contributed by atoms with E-state index in [-0.39, 0.29) is 18.1 Å². The number of hydrogen-bond acceptors (Lipinski definition) is 4. The van der Waals surface area contributed by atoms with Gasteiger partial charge in [0.15, 0.2) is 0 Å². The molecule has 2 aliphatic rings. The van der Waals surface area contributed by atoms with Crippen molar-refractivity contribution in [1.82, 2.24) is 14.8 Å². The number of aromatic nitrogens is 1. The number of piperidine rings is 1. The minimum absolute atomic E-state index is 0.157. The van der Waals surface area contributed by atoms with E-state index in [1.165, 1.54) is 5.56 Å². The van der Waals surface area contributed by atoms with Crippen LogP contribution in [0.1, 0.15) is 24.6 Å². The fourth-order valence-corrected chi connectivity index (χ4v) is 3.37. The Morgan fingerprint density at radius 2 is 2.33 bits per heavy atom. The van der Waals surface area contributed by atoms with Crippen LogP contribution in [0.25, 0.3) is 0 Å². The number of morpholine rings is 1. The highest BCUT2D eigenvalue weighted by Crippen LogP contribution is 2.24. The van der Waals surface area contributed by atoms with E-state index in [4.69, 9.17) is 4.74 Å². The number of aryl methyl sites for hydroxylation is 1. The molecule has 0 N–H and O–H groups in total. The third-order valence-corrected chi connectivity index (χ3v) is 4.56. The Labute approximate surface area is 125 Å². The van der Waals surface area contributed by atoms with Gasteiger partial charge in [0.1, 0.15) is 0 Å². The van der Waals surface area contributed by atoms with Crippen LogP contribution < -0.4 is 0 Å². The van der Waals surface area contributed by atoms with E-state index in [0.717, 1.165) is 31.7 Å². The lowest BCUT2D eigenvalue weighted by Gasteiger charge is -2.46. The molecule has 2 saturated heterocycles. The molecule has 0 saturated carbocycles. The first-order chi connectivity index (χ1) is 10.1. The first kappa shape index (κ1) is 14.5. The van der Waals surface area contributed by atoms with Crippen LogP contribution >= 0.6 is 0 Å². The van der Waals surface area contributed by atoms with Gasteiger partial charge in [-0.1, -0.05) is 6.07 Å². The molecule has 3 rings (SSSR count). The van der Waals surface area contributed by atoms with Gasteiger partial charge < -0.3 is 9.64 Å². The zero-order chi connectivity index (χ0) is 14.8. The molecule has 0 bridgehead atoms. The molecule has 2 atom stereocenters. The number of pyridine rings is 1. The summed E-state index contributed by atoms with van der Waals surface area (Å²) in [5, 5.41) is 0. The third-order valence-electron chi connectivity index (χ3n) is 4.56. The highest BCUT2D eigenvalue weighted by Gasteiger charge is 2.38. The van der Waals surface area contributed by atoms with Crippen LogP contribution in [0.4, 0.5) is 0 Å². The minimum atomic E-state index is 0.157. The predicted octanol–water partition coefficient (Wildman–Crippen LogP) is 1.21. The number of rotatable bonds is 2. The monoisotopic (exact) mass is 289 g/mol. The maximum absolute atomic E-state index is 11.8. The van der Waals surface area contributed by atoms with Gasteiger partial charge in [0, 0.05) is 39.3 Å². The Hall–Kier alpha value is -1.46. The van der Waals surface area contributed by atoms with Crippen LogP contribution in [0.15, 0.2) is 18.3 Å². The van der Waals surface area contributed by atoms with Gasteiger partial charge in [-0.2, -0.15) is 0 Å². The van der Waals surface area contributed by atoms with Gasteiger partial charge in [0.25, 0.3) is 0 Å². The lowest BCUT2D eigenvalue weighted by Crippen LogP contribution is -2.60. The second-order valence-electron chi connectivity index (χ2n) is 5.98. The maximum Gasteiger partial charge on any atom is 0.219 e. The van der Waals surface area contributed by atoms with Crippen molar-refractivity contribution in [2.45, 2.75) is 39.0 Å². The van der Waals surface area contributed by atoms with Crippen LogP contribution in [-0.4, -0.2) is 59.1 Å². The molecule has 2 aliphatic heterocycles. The molecule has 1 aromatic rings. The predicted molar refractivity (Wildman–Crippen MR) is 79.8 cm³/mol. The fraction of sp³-hybridized carbons (Fsp3) is 0.625. The molecule has 5 nitrogen and oxygen atoms in total. The van der Waals surface area contributed by atoms with Gasteiger partial charge in [0.05, 0.1) is 24.4 Å². The van der Waals surface area contributed by atoms with Crippen molar-refractivity contribution in [2.75, 3.05) is 26.2 Å². The number of ether oxygens (including phenoxy) is 1. The van der Waals surface area contributed by atoms with Gasteiger partial charge in [-0.3, -0.25) is 14.7 Å².